The van der Waals surface area contributed by atoms with Gasteiger partial charge in [-0.3, -0.25) is 4.79 Å². The number of alkyl halides is 3. The predicted molar refractivity (Wildman–Crippen MR) is 96.6 cm³/mol. The largest absolute Gasteiger partial charge is 0.497 e. The van der Waals surface area contributed by atoms with Gasteiger partial charge in [-0.05, 0) is 48.9 Å². The van der Waals surface area contributed by atoms with E-state index in [4.69, 9.17) is 9.47 Å². The first-order chi connectivity index (χ1) is 12.7. The van der Waals surface area contributed by atoms with Crippen molar-refractivity contribution < 1.29 is 27.4 Å². The van der Waals surface area contributed by atoms with Gasteiger partial charge in [0.05, 0.1) is 25.8 Å². The van der Waals surface area contributed by atoms with Crippen molar-refractivity contribution in [1.29, 1.82) is 0 Å². The van der Waals surface area contributed by atoms with Crippen LogP contribution in [0.3, 0.4) is 0 Å². The molecule has 0 saturated heterocycles. The van der Waals surface area contributed by atoms with E-state index in [1.165, 1.54) is 31.4 Å². The SMILES string of the molecule is COc1ccc(OC)c([C@H](C)NC(=O)/C=C/c2ccc(C(F)(F)F)cc2)c1. The third kappa shape index (κ3) is 5.51. The van der Waals surface area contributed by atoms with Crippen molar-refractivity contribution in [1.82, 2.24) is 5.32 Å². The van der Waals surface area contributed by atoms with Crippen molar-refractivity contribution in [2.24, 2.45) is 0 Å². The molecule has 0 radical (unpaired) electrons. The highest BCUT2D eigenvalue weighted by atomic mass is 19.4. The number of amides is 1. The predicted octanol–water partition coefficient (Wildman–Crippen LogP) is 4.61. The molecule has 144 valence electrons. The molecule has 4 nitrogen and oxygen atoms in total. The third-order valence-corrected chi connectivity index (χ3v) is 3.93. The number of methoxy groups -OCH3 is 2. The van der Waals surface area contributed by atoms with Gasteiger partial charge in [-0.2, -0.15) is 13.2 Å². The van der Waals surface area contributed by atoms with Crippen LogP contribution in [0.4, 0.5) is 13.2 Å². The lowest BCUT2D eigenvalue weighted by Gasteiger charge is -2.17. The van der Waals surface area contributed by atoms with Gasteiger partial charge in [-0.15, -0.1) is 0 Å². The fraction of sp³-hybridized carbons (Fsp3) is 0.250. The second-order valence-electron chi connectivity index (χ2n) is 5.79. The maximum absolute atomic E-state index is 12.6. The average Bonchev–Trinajstić information content (AvgIpc) is 2.65. The van der Waals surface area contributed by atoms with Crippen LogP contribution < -0.4 is 14.8 Å². The van der Waals surface area contributed by atoms with Crippen LogP contribution in [0.25, 0.3) is 6.08 Å². The third-order valence-electron chi connectivity index (χ3n) is 3.93. The van der Waals surface area contributed by atoms with E-state index in [1.54, 1.807) is 32.2 Å². The molecule has 1 atom stereocenters. The Labute approximate surface area is 155 Å². The zero-order valence-electron chi connectivity index (χ0n) is 15.1. The Balaban J connectivity index is 2.06. The maximum atomic E-state index is 12.6. The summed E-state index contributed by atoms with van der Waals surface area (Å²) in [5.41, 5.74) is 0.501. The Bertz CT molecular complexity index is 814. The molecule has 1 amide bonds. The van der Waals surface area contributed by atoms with Crippen molar-refractivity contribution in [2.45, 2.75) is 19.1 Å². The molecule has 0 aliphatic rings. The molecule has 2 rings (SSSR count). The Morgan fingerprint density at radius 3 is 2.30 bits per heavy atom. The summed E-state index contributed by atoms with van der Waals surface area (Å²) in [4.78, 5) is 12.1. The van der Waals surface area contributed by atoms with E-state index >= 15 is 0 Å². The Morgan fingerprint density at radius 2 is 1.74 bits per heavy atom. The van der Waals surface area contributed by atoms with Gasteiger partial charge in [0.15, 0.2) is 0 Å². The van der Waals surface area contributed by atoms with E-state index in [0.29, 0.717) is 17.1 Å². The number of benzene rings is 2. The smallest absolute Gasteiger partial charge is 0.416 e. The lowest BCUT2D eigenvalue weighted by molar-refractivity contribution is -0.137. The second-order valence-corrected chi connectivity index (χ2v) is 5.79. The molecular weight excluding hydrogens is 359 g/mol. The molecule has 0 fully saturated rings. The zero-order valence-corrected chi connectivity index (χ0v) is 15.1. The molecule has 0 heterocycles. The molecule has 0 saturated carbocycles. The first kappa shape index (κ1) is 20.4. The van der Waals surface area contributed by atoms with Gasteiger partial charge in [-0.1, -0.05) is 12.1 Å². The van der Waals surface area contributed by atoms with Crippen LogP contribution in [0, 0.1) is 0 Å². The fourth-order valence-corrected chi connectivity index (χ4v) is 2.47. The molecule has 27 heavy (non-hydrogen) atoms. The number of ether oxygens (including phenoxy) is 2. The number of hydrogen-bond donors (Lipinski definition) is 1. The lowest BCUT2D eigenvalue weighted by atomic mass is 10.1. The molecule has 0 aliphatic heterocycles. The minimum atomic E-state index is -4.38. The van der Waals surface area contributed by atoms with Gasteiger partial charge < -0.3 is 14.8 Å². The van der Waals surface area contributed by atoms with Crippen molar-refractivity contribution in [3.8, 4) is 11.5 Å². The number of nitrogens with one attached hydrogen (secondary N) is 1. The van der Waals surface area contributed by atoms with Gasteiger partial charge in [0.2, 0.25) is 5.91 Å². The summed E-state index contributed by atoms with van der Waals surface area (Å²) < 4.78 is 48.1. The number of carbonyl (C=O) groups is 1. The van der Waals surface area contributed by atoms with E-state index in [1.807, 2.05) is 0 Å². The summed E-state index contributed by atoms with van der Waals surface area (Å²) in [5.74, 6) is 0.856. The van der Waals surface area contributed by atoms with Crippen molar-refractivity contribution in [2.75, 3.05) is 14.2 Å². The minimum absolute atomic E-state index is 0.361. The molecule has 1 N–H and O–H groups in total. The fourth-order valence-electron chi connectivity index (χ4n) is 2.47. The maximum Gasteiger partial charge on any atom is 0.416 e. The number of carbonyl (C=O) groups excluding carboxylic acids is 1. The number of hydrogen-bond acceptors (Lipinski definition) is 3. The van der Waals surface area contributed by atoms with Crippen LogP contribution in [-0.2, 0) is 11.0 Å². The van der Waals surface area contributed by atoms with Gasteiger partial charge >= 0.3 is 6.18 Å². The quantitative estimate of drug-likeness (QED) is 0.746. The lowest BCUT2D eigenvalue weighted by Crippen LogP contribution is -2.25. The van der Waals surface area contributed by atoms with Gasteiger partial charge in [0.25, 0.3) is 0 Å². The molecule has 0 spiro atoms. The first-order valence-corrected chi connectivity index (χ1v) is 8.12. The number of halogens is 3. The minimum Gasteiger partial charge on any atom is -0.497 e. The molecule has 0 aromatic heterocycles. The van der Waals surface area contributed by atoms with Crippen LogP contribution >= 0.6 is 0 Å². The highest BCUT2D eigenvalue weighted by Gasteiger charge is 2.29. The van der Waals surface area contributed by atoms with E-state index < -0.39 is 11.7 Å². The summed E-state index contributed by atoms with van der Waals surface area (Å²) in [7, 11) is 3.08. The molecule has 0 unspecified atom stereocenters. The van der Waals surface area contributed by atoms with Gasteiger partial charge in [0.1, 0.15) is 11.5 Å². The first-order valence-electron chi connectivity index (χ1n) is 8.12. The zero-order chi connectivity index (χ0) is 20.0. The van der Waals surface area contributed by atoms with Crippen LogP contribution in [0.2, 0.25) is 0 Å². The highest BCUT2D eigenvalue weighted by molar-refractivity contribution is 5.92. The summed E-state index contributed by atoms with van der Waals surface area (Å²) in [5, 5.41) is 2.79. The molecule has 2 aromatic rings. The van der Waals surface area contributed by atoms with Crippen molar-refractivity contribution in [3.05, 3.63) is 65.2 Å². The molecule has 2 aromatic carbocycles. The van der Waals surface area contributed by atoms with Crippen LogP contribution in [0.1, 0.15) is 29.7 Å². The monoisotopic (exact) mass is 379 g/mol. The summed E-state index contributed by atoms with van der Waals surface area (Å²) in [6.45, 7) is 1.79. The van der Waals surface area contributed by atoms with Crippen molar-refractivity contribution >= 4 is 12.0 Å². The Morgan fingerprint density at radius 1 is 1.07 bits per heavy atom. The summed E-state index contributed by atoms with van der Waals surface area (Å²) in [6, 6.07) is 9.46. The van der Waals surface area contributed by atoms with E-state index in [0.717, 1.165) is 17.7 Å². The average molecular weight is 379 g/mol. The normalized spacial score (nSPS) is 12.7. The van der Waals surface area contributed by atoms with E-state index in [2.05, 4.69) is 5.32 Å². The molecule has 0 bridgehead atoms. The Kier molecular flexibility index (Phi) is 6.50. The summed E-state index contributed by atoms with van der Waals surface area (Å²) in [6.07, 6.45) is -1.67. The van der Waals surface area contributed by atoms with Crippen LogP contribution in [0.5, 0.6) is 11.5 Å². The van der Waals surface area contributed by atoms with Crippen molar-refractivity contribution in [3.63, 3.8) is 0 Å². The molecular formula is C20H20F3NO3. The summed E-state index contributed by atoms with van der Waals surface area (Å²) >= 11 is 0. The second kappa shape index (κ2) is 8.62. The topological polar surface area (TPSA) is 47.6 Å². The van der Waals surface area contributed by atoms with E-state index in [-0.39, 0.29) is 11.9 Å². The standard InChI is InChI=1S/C20H20F3NO3/c1-13(17-12-16(26-2)9-10-18(17)27-3)24-19(25)11-6-14-4-7-15(8-5-14)20(21,22)23/h4-13H,1-3H3,(H,24,25)/b11-6+/t13-/m0/s1. The van der Waals surface area contributed by atoms with E-state index in [9.17, 15) is 18.0 Å². The molecule has 7 heteroatoms. The van der Waals surface area contributed by atoms with Gasteiger partial charge in [-0.25, -0.2) is 0 Å². The van der Waals surface area contributed by atoms with Crippen LogP contribution in [0.15, 0.2) is 48.5 Å². The Hall–Kier alpha value is -2.96. The molecule has 0 aliphatic carbocycles. The van der Waals surface area contributed by atoms with Gasteiger partial charge in [0, 0.05) is 11.6 Å². The van der Waals surface area contributed by atoms with Crippen LogP contribution in [-0.4, -0.2) is 20.1 Å². The number of rotatable bonds is 6. The highest BCUT2D eigenvalue weighted by Crippen LogP contribution is 2.30.